The Hall–Kier alpha value is -2.77. The van der Waals surface area contributed by atoms with E-state index in [1.165, 1.54) is 5.57 Å². The van der Waals surface area contributed by atoms with Gasteiger partial charge in [0.1, 0.15) is 5.82 Å². The molecule has 1 aliphatic carbocycles. The lowest BCUT2D eigenvalue weighted by Crippen LogP contribution is -2.11. The van der Waals surface area contributed by atoms with E-state index in [4.69, 9.17) is 11.6 Å². The molecule has 8 heteroatoms. The van der Waals surface area contributed by atoms with Crippen LogP contribution in [0.25, 0.3) is 5.57 Å². The molecule has 2 heterocycles. The van der Waals surface area contributed by atoms with Crippen LogP contribution in [0.4, 0.5) is 0 Å². The summed E-state index contributed by atoms with van der Waals surface area (Å²) in [4.78, 5) is 4.47. The summed E-state index contributed by atoms with van der Waals surface area (Å²) in [6.45, 7) is 10.7. The summed E-state index contributed by atoms with van der Waals surface area (Å²) in [5.74, 6) is 1.43. The van der Waals surface area contributed by atoms with Gasteiger partial charge in [-0.15, -0.1) is 10.2 Å². The number of unbranched alkanes of at least 4 members (excludes halogenated alkanes) is 1. The number of imidazole rings is 1. The topological polar surface area (TPSA) is 92.5 Å². The second kappa shape index (κ2) is 10.3. The van der Waals surface area contributed by atoms with Gasteiger partial charge >= 0.3 is 0 Å². The Morgan fingerprint density at radius 3 is 2.80 bits per heavy atom. The number of aromatic nitrogens is 6. The molecule has 0 bridgehead atoms. The van der Waals surface area contributed by atoms with Gasteiger partial charge in [0, 0.05) is 18.5 Å². The minimum Gasteiger partial charge on any atom is -0.390 e. The number of H-pyrrole nitrogens is 1. The van der Waals surface area contributed by atoms with Gasteiger partial charge in [-0.05, 0) is 35.6 Å². The number of halogens is 1. The quantitative estimate of drug-likeness (QED) is 0.550. The summed E-state index contributed by atoms with van der Waals surface area (Å²) in [5, 5.41) is 24.4. The second-order valence-electron chi connectivity index (χ2n) is 7.16. The molecule has 0 saturated heterocycles. The second-order valence-corrected chi connectivity index (χ2v) is 7.52. The van der Waals surface area contributed by atoms with Crippen molar-refractivity contribution in [2.24, 2.45) is 0 Å². The number of aromatic amines is 1. The summed E-state index contributed by atoms with van der Waals surface area (Å²) in [7, 11) is 0. The Labute approximate surface area is 181 Å². The molecule has 0 saturated carbocycles. The number of nitrogens with one attached hydrogen (secondary N) is 1. The van der Waals surface area contributed by atoms with Crippen molar-refractivity contribution in [3.8, 4) is 0 Å². The number of allylic oxidation sites excluding steroid dienone is 8. The zero-order valence-electron chi connectivity index (χ0n) is 17.2. The highest BCUT2D eigenvalue weighted by atomic mass is 35.5. The van der Waals surface area contributed by atoms with Crippen LogP contribution in [0.1, 0.15) is 49.9 Å². The van der Waals surface area contributed by atoms with E-state index < -0.39 is 0 Å². The van der Waals surface area contributed by atoms with Crippen LogP contribution in [0.15, 0.2) is 54.2 Å². The Bertz CT molecular complexity index is 997. The summed E-state index contributed by atoms with van der Waals surface area (Å²) < 4.78 is 2.06. The first-order chi connectivity index (χ1) is 14.6. The highest BCUT2D eigenvalue weighted by molar-refractivity contribution is 6.30. The molecule has 0 aliphatic heterocycles. The maximum absolute atomic E-state index is 9.76. The molecule has 0 aromatic carbocycles. The fourth-order valence-corrected chi connectivity index (χ4v) is 3.77. The highest BCUT2D eigenvalue weighted by Crippen LogP contribution is 2.32. The molecule has 2 N–H and O–H groups in total. The molecule has 0 unspecified atom stereocenters. The Kier molecular flexibility index (Phi) is 7.54. The third-order valence-corrected chi connectivity index (χ3v) is 5.49. The lowest BCUT2D eigenvalue weighted by Gasteiger charge is -2.19. The van der Waals surface area contributed by atoms with Crippen LogP contribution < -0.4 is 0 Å². The number of rotatable bonds is 10. The van der Waals surface area contributed by atoms with Gasteiger partial charge < -0.3 is 9.67 Å². The minimum atomic E-state index is -0.121. The van der Waals surface area contributed by atoms with Crippen molar-refractivity contribution in [3.63, 3.8) is 0 Å². The molecular weight excluding hydrogens is 400 g/mol. The smallest absolute Gasteiger partial charge is 0.205 e. The molecule has 2 aromatic heterocycles. The first-order valence-electron chi connectivity index (χ1n) is 10.1. The third-order valence-electron chi connectivity index (χ3n) is 5.19. The van der Waals surface area contributed by atoms with E-state index in [1.54, 1.807) is 6.08 Å². The Morgan fingerprint density at radius 1 is 1.37 bits per heavy atom. The first kappa shape index (κ1) is 21.9. The van der Waals surface area contributed by atoms with Crippen LogP contribution in [0.3, 0.4) is 0 Å². The number of hydrogen-bond donors (Lipinski definition) is 2. The molecule has 3 rings (SSSR count). The van der Waals surface area contributed by atoms with Crippen LogP contribution >= 0.6 is 11.6 Å². The van der Waals surface area contributed by atoms with Gasteiger partial charge in [0.25, 0.3) is 0 Å². The summed E-state index contributed by atoms with van der Waals surface area (Å²) in [6, 6.07) is 0. The maximum Gasteiger partial charge on any atom is 0.205 e. The summed E-state index contributed by atoms with van der Waals surface area (Å²) >= 11 is 6.26. The number of aliphatic hydroxyl groups is 1. The predicted molar refractivity (Wildman–Crippen MR) is 119 cm³/mol. The van der Waals surface area contributed by atoms with Crippen LogP contribution in [0, 0.1) is 0 Å². The maximum atomic E-state index is 9.76. The molecule has 0 atom stereocenters. The fourth-order valence-electron chi connectivity index (χ4n) is 3.51. The molecular formula is C22H27ClN6O. The van der Waals surface area contributed by atoms with Gasteiger partial charge in [-0.25, -0.2) is 4.98 Å². The average molecular weight is 427 g/mol. The predicted octanol–water partition coefficient (Wildman–Crippen LogP) is 4.36. The monoisotopic (exact) mass is 426 g/mol. The van der Waals surface area contributed by atoms with Crippen molar-refractivity contribution in [1.29, 1.82) is 0 Å². The highest BCUT2D eigenvalue weighted by Gasteiger charge is 2.19. The van der Waals surface area contributed by atoms with E-state index >= 15 is 0 Å². The van der Waals surface area contributed by atoms with E-state index in [2.05, 4.69) is 62.4 Å². The van der Waals surface area contributed by atoms with Gasteiger partial charge in [-0.3, -0.25) is 0 Å². The molecule has 158 valence electrons. The largest absolute Gasteiger partial charge is 0.390 e. The minimum absolute atomic E-state index is 0.121. The van der Waals surface area contributed by atoms with Crippen molar-refractivity contribution in [2.45, 2.75) is 52.2 Å². The van der Waals surface area contributed by atoms with Gasteiger partial charge in [-0.1, -0.05) is 68.0 Å². The average Bonchev–Trinajstić information content (AvgIpc) is 3.38. The SMILES string of the molecule is C=C/C=C(\C(=C)C1=CC=C(Cn2c(CCCC)nc(Cl)c2CO)CC1)c1nn[nH]n1. The number of nitrogens with zero attached hydrogens (tertiary/aromatic N) is 5. The lowest BCUT2D eigenvalue weighted by molar-refractivity contribution is 0.271. The van der Waals surface area contributed by atoms with Gasteiger partial charge in [0.15, 0.2) is 5.15 Å². The molecule has 30 heavy (non-hydrogen) atoms. The number of aliphatic hydroxyl groups excluding tert-OH is 1. The van der Waals surface area contributed by atoms with Crippen molar-refractivity contribution < 1.29 is 5.11 Å². The first-order valence-corrected chi connectivity index (χ1v) is 10.5. The third kappa shape index (κ3) is 4.86. The number of aryl methyl sites for hydroxylation is 1. The van der Waals surface area contributed by atoms with Crippen LogP contribution in [-0.2, 0) is 19.6 Å². The van der Waals surface area contributed by atoms with E-state index in [-0.39, 0.29) is 6.61 Å². The van der Waals surface area contributed by atoms with Crippen LogP contribution in [0.2, 0.25) is 5.15 Å². The van der Waals surface area contributed by atoms with E-state index in [0.717, 1.165) is 54.6 Å². The normalized spacial score (nSPS) is 14.4. The Balaban J connectivity index is 1.81. The lowest BCUT2D eigenvalue weighted by atomic mass is 9.89. The fraction of sp³-hybridized carbons (Fsp3) is 0.364. The van der Waals surface area contributed by atoms with Gasteiger partial charge in [-0.2, -0.15) is 5.21 Å². The number of hydrogen-bond acceptors (Lipinski definition) is 5. The molecule has 0 spiro atoms. The molecule has 0 amide bonds. The zero-order chi connectivity index (χ0) is 21.5. The molecule has 2 aromatic rings. The van der Waals surface area contributed by atoms with E-state index in [0.29, 0.717) is 23.2 Å². The van der Waals surface area contributed by atoms with Crippen molar-refractivity contribution in [1.82, 2.24) is 30.2 Å². The van der Waals surface area contributed by atoms with Crippen molar-refractivity contribution in [2.75, 3.05) is 0 Å². The zero-order valence-corrected chi connectivity index (χ0v) is 18.0. The Morgan fingerprint density at radius 2 is 2.20 bits per heavy atom. The van der Waals surface area contributed by atoms with Crippen LogP contribution in [0.5, 0.6) is 0 Å². The van der Waals surface area contributed by atoms with Gasteiger partial charge in [0.2, 0.25) is 5.82 Å². The van der Waals surface area contributed by atoms with Crippen molar-refractivity contribution in [3.05, 3.63) is 76.7 Å². The number of tetrazole rings is 1. The molecule has 0 radical (unpaired) electrons. The van der Waals surface area contributed by atoms with Gasteiger partial charge in [0.05, 0.1) is 12.3 Å². The van der Waals surface area contributed by atoms with E-state index in [1.807, 2.05) is 6.08 Å². The molecule has 0 fully saturated rings. The molecule has 7 nitrogen and oxygen atoms in total. The standard InChI is InChI=1S/C22H27ClN6O/c1-4-6-8-20-24-21(23)19(14-30)29(20)13-16-9-11-17(12-10-16)15(3)18(7-5-2)22-25-27-28-26-22/h5,7,9,11,30H,2-4,6,8,10,12-14H2,1H3,(H,25,26,27,28)/b18-7+. The summed E-state index contributed by atoms with van der Waals surface area (Å²) in [6.07, 6.45) is 12.4. The van der Waals surface area contributed by atoms with Crippen molar-refractivity contribution >= 4 is 17.2 Å². The van der Waals surface area contributed by atoms with E-state index in [9.17, 15) is 5.11 Å². The van der Waals surface area contributed by atoms with Crippen LogP contribution in [-0.4, -0.2) is 35.3 Å². The molecule has 1 aliphatic rings. The summed E-state index contributed by atoms with van der Waals surface area (Å²) in [5.41, 5.74) is 4.71.